The first kappa shape index (κ1) is 27.5. The first-order valence-corrected chi connectivity index (χ1v) is 11.3. The molecule has 2 atom stereocenters. The molecule has 0 fully saturated rings. The van der Waals surface area contributed by atoms with E-state index in [0.29, 0.717) is 5.56 Å². The monoisotopic (exact) mass is 520 g/mol. The molecular weight excluding hydrogens is 496 g/mol. The number of carboxylic acids is 1. The predicted molar refractivity (Wildman–Crippen MR) is 135 cm³/mol. The van der Waals surface area contributed by atoms with E-state index in [4.69, 9.17) is 9.47 Å². The number of non-ortho nitro benzene ring substituents is 1. The number of benzene rings is 3. The quantitative estimate of drug-likeness (QED) is 0.241. The third-order valence-corrected chi connectivity index (χ3v) is 5.51. The van der Waals surface area contributed by atoms with Gasteiger partial charge < -0.3 is 19.9 Å². The molecule has 3 rings (SSSR count). The van der Waals surface area contributed by atoms with E-state index in [1.807, 2.05) is 0 Å². The summed E-state index contributed by atoms with van der Waals surface area (Å²) < 4.78 is 10.4. The van der Waals surface area contributed by atoms with Crippen molar-refractivity contribution >= 4 is 35.2 Å². The summed E-state index contributed by atoms with van der Waals surface area (Å²) in [6.45, 7) is 5.13. The fourth-order valence-electron chi connectivity index (χ4n) is 3.30. The number of aliphatic carboxylic acids is 1. The van der Waals surface area contributed by atoms with E-state index in [2.05, 4.69) is 5.32 Å². The van der Waals surface area contributed by atoms with Crippen molar-refractivity contribution in [3.63, 3.8) is 0 Å². The highest BCUT2D eigenvalue weighted by molar-refractivity contribution is 6.02. The van der Waals surface area contributed by atoms with Crippen LogP contribution in [0.25, 0.3) is 0 Å². The molecule has 0 aliphatic rings. The van der Waals surface area contributed by atoms with Crippen LogP contribution in [0.4, 0.5) is 11.4 Å². The van der Waals surface area contributed by atoms with Crippen molar-refractivity contribution in [2.24, 2.45) is 0 Å². The van der Waals surface area contributed by atoms with Crippen molar-refractivity contribution in [1.82, 2.24) is 0 Å². The molecule has 2 N–H and O–H groups in total. The summed E-state index contributed by atoms with van der Waals surface area (Å²) in [5.74, 6) is -5.03. The van der Waals surface area contributed by atoms with E-state index in [9.17, 15) is 34.4 Å². The summed E-state index contributed by atoms with van der Waals surface area (Å²) >= 11 is 0. The molecule has 0 aliphatic heterocycles. The van der Waals surface area contributed by atoms with Crippen LogP contribution in [0, 0.1) is 30.9 Å². The normalized spacial score (nSPS) is 12.1. The lowest BCUT2D eigenvalue weighted by molar-refractivity contribution is -0.384. The fraction of sp³-hybridized carbons (Fsp3) is 0.185. The minimum atomic E-state index is -2.24. The smallest absolute Gasteiger partial charge is 0.349 e. The largest absolute Gasteiger partial charge is 0.478 e. The lowest BCUT2D eigenvalue weighted by Crippen LogP contribution is -2.48. The third-order valence-electron chi connectivity index (χ3n) is 5.51. The molecule has 3 aromatic rings. The molecular formula is C27H24N2O9. The lowest BCUT2D eigenvalue weighted by Gasteiger charge is -2.24. The Morgan fingerprint density at radius 3 is 1.71 bits per heavy atom. The first-order valence-electron chi connectivity index (χ1n) is 11.3. The van der Waals surface area contributed by atoms with Gasteiger partial charge in [0.05, 0.1) is 21.7 Å². The second-order valence-electron chi connectivity index (χ2n) is 8.47. The van der Waals surface area contributed by atoms with E-state index in [0.717, 1.165) is 17.2 Å². The van der Waals surface area contributed by atoms with Gasteiger partial charge in [-0.1, -0.05) is 41.5 Å². The summed E-state index contributed by atoms with van der Waals surface area (Å²) in [5, 5.41) is 23.4. The summed E-state index contributed by atoms with van der Waals surface area (Å²) in [7, 11) is 0. The average Bonchev–Trinajstić information content (AvgIpc) is 2.87. The molecule has 1 amide bonds. The Bertz CT molecular complexity index is 1380. The third kappa shape index (κ3) is 6.78. The van der Waals surface area contributed by atoms with Crippen LogP contribution < -0.4 is 5.32 Å². The van der Waals surface area contributed by atoms with Crippen molar-refractivity contribution < 1.29 is 38.7 Å². The van der Waals surface area contributed by atoms with Crippen molar-refractivity contribution in [1.29, 1.82) is 0 Å². The van der Waals surface area contributed by atoms with Gasteiger partial charge in [0.15, 0.2) is 0 Å². The van der Waals surface area contributed by atoms with Crippen molar-refractivity contribution in [3.05, 3.63) is 105 Å². The molecule has 0 spiro atoms. The maximum Gasteiger partial charge on any atom is 0.349 e. The molecule has 3 aromatic carbocycles. The molecule has 0 saturated carbocycles. The zero-order valence-electron chi connectivity index (χ0n) is 20.7. The first-order chi connectivity index (χ1) is 18.0. The second kappa shape index (κ2) is 11.8. The van der Waals surface area contributed by atoms with Gasteiger partial charge in [-0.05, 0) is 50.6 Å². The molecule has 0 aromatic heterocycles. The molecule has 11 heteroatoms. The molecule has 0 heterocycles. The van der Waals surface area contributed by atoms with Gasteiger partial charge >= 0.3 is 17.9 Å². The van der Waals surface area contributed by atoms with Crippen molar-refractivity contribution in [3.8, 4) is 0 Å². The van der Waals surface area contributed by atoms with Gasteiger partial charge in [-0.2, -0.15) is 0 Å². The number of amides is 1. The Labute approximate surface area is 217 Å². The summed E-state index contributed by atoms with van der Waals surface area (Å²) in [6, 6.07) is 15.8. The Hall–Kier alpha value is -5.06. The number of anilines is 1. The number of ether oxygens (including phenoxy) is 2. The predicted octanol–water partition coefficient (Wildman–Crippen LogP) is 3.99. The minimum Gasteiger partial charge on any atom is -0.478 e. The zero-order valence-corrected chi connectivity index (χ0v) is 20.7. The molecule has 38 heavy (non-hydrogen) atoms. The van der Waals surface area contributed by atoms with Crippen LogP contribution in [0.1, 0.15) is 37.4 Å². The van der Waals surface area contributed by atoms with E-state index in [1.165, 1.54) is 36.4 Å². The number of nitro benzene ring substituents is 1. The zero-order chi connectivity index (χ0) is 28.0. The standard InChI is InChI=1S/C27H24N2O9/c1-15-4-9-18(10-5-15)26(33)37-22(24(30)28-21-14-20(29(35)36)13-8-17(21)3)23(25(31)32)38-27(34)19-11-6-16(2)7-12-19/h4-14,22-23H,1-3H3,(H,28,30)(H,31,32)/t22-,23+/m1/s1. The number of rotatable bonds is 9. The van der Waals surface area contributed by atoms with Gasteiger partial charge in [-0.15, -0.1) is 0 Å². The number of nitrogens with one attached hydrogen (secondary N) is 1. The van der Waals surface area contributed by atoms with Crippen LogP contribution in [0.15, 0.2) is 66.7 Å². The van der Waals surface area contributed by atoms with E-state index >= 15 is 0 Å². The van der Waals surface area contributed by atoms with Crippen LogP contribution >= 0.6 is 0 Å². The number of nitrogens with zero attached hydrogens (tertiary/aromatic N) is 1. The van der Waals surface area contributed by atoms with E-state index in [1.54, 1.807) is 45.0 Å². The number of carbonyl (C=O) groups excluding carboxylic acids is 3. The number of hydrogen-bond donors (Lipinski definition) is 2. The summed E-state index contributed by atoms with van der Waals surface area (Å²) in [4.78, 5) is 61.4. The number of aryl methyl sites for hydroxylation is 3. The molecule has 0 aliphatic carbocycles. The highest BCUT2D eigenvalue weighted by Crippen LogP contribution is 2.23. The molecule has 0 radical (unpaired) electrons. The Balaban J connectivity index is 1.96. The lowest BCUT2D eigenvalue weighted by atomic mass is 10.1. The summed E-state index contributed by atoms with van der Waals surface area (Å²) in [5.41, 5.74) is 1.78. The fourth-order valence-corrected chi connectivity index (χ4v) is 3.30. The number of carbonyl (C=O) groups is 4. The van der Waals surface area contributed by atoms with Gasteiger partial charge in [-0.25, -0.2) is 14.4 Å². The Kier molecular flexibility index (Phi) is 8.54. The molecule has 0 saturated heterocycles. The summed E-state index contributed by atoms with van der Waals surface area (Å²) in [6.07, 6.45) is -4.38. The van der Waals surface area contributed by atoms with Gasteiger partial charge in [-0.3, -0.25) is 14.9 Å². The minimum absolute atomic E-state index is 0.0143. The van der Waals surface area contributed by atoms with Crippen LogP contribution in [0.5, 0.6) is 0 Å². The number of nitro groups is 1. The topological polar surface area (TPSA) is 162 Å². The van der Waals surface area contributed by atoms with Gasteiger partial charge in [0, 0.05) is 12.1 Å². The van der Waals surface area contributed by atoms with E-state index < -0.39 is 40.9 Å². The SMILES string of the molecule is Cc1ccc(C(=O)O[C@H](C(=O)O)[C@@H](OC(=O)c2ccc(C)cc2)C(=O)Nc2cc([N+](=O)[O-])ccc2C)cc1. The van der Waals surface area contributed by atoms with Gasteiger partial charge in [0.1, 0.15) is 0 Å². The van der Waals surface area contributed by atoms with Crippen LogP contribution in [-0.4, -0.2) is 46.1 Å². The Morgan fingerprint density at radius 2 is 1.26 bits per heavy atom. The number of carboxylic acid groups (broad SMARTS) is 1. The molecule has 0 unspecified atom stereocenters. The van der Waals surface area contributed by atoms with Gasteiger partial charge in [0.25, 0.3) is 11.6 Å². The Morgan fingerprint density at radius 1 is 0.789 bits per heavy atom. The number of hydrogen-bond acceptors (Lipinski definition) is 8. The molecule has 196 valence electrons. The average molecular weight is 520 g/mol. The molecule has 11 nitrogen and oxygen atoms in total. The highest BCUT2D eigenvalue weighted by atomic mass is 16.6. The number of esters is 2. The molecule has 0 bridgehead atoms. The maximum atomic E-state index is 13.3. The maximum absolute atomic E-state index is 13.3. The van der Waals surface area contributed by atoms with Crippen LogP contribution in [0.3, 0.4) is 0 Å². The van der Waals surface area contributed by atoms with Crippen molar-refractivity contribution in [2.45, 2.75) is 33.0 Å². The van der Waals surface area contributed by atoms with Crippen LogP contribution in [0.2, 0.25) is 0 Å². The van der Waals surface area contributed by atoms with Crippen molar-refractivity contribution in [2.75, 3.05) is 5.32 Å². The highest BCUT2D eigenvalue weighted by Gasteiger charge is 2.41. The second-order valence-corrected chi connectivity index (χ2v) is 8.47. The van der Waals surface area contributed by atoms with Gasteiger partial charge in [0.2, 0.25) is 12.2 Å². The van der Waals surface area contributed by atoms with E-state index in [-0.39, 0.29) is 22.5 Å². The van der Waals surface area contributed by atoms with Crippen LogP contribution in [-0.2, 0) is 19.1 Å².